The van der Waals surface area contributed by atoms with Crippen LogP contribution in [0.5, 0.6) is 0 Å². The number of carboxylic acid groups (broad SMARTS) is 1. The number of carboxylic acids is 1. The third-order valence-corrected chi connectivity index (χ3v) is 3.05. The van der Waals surface area contributed by atoms with E-state index in [4.69, 9.17) is 9.84 Å². The number of aliphatic carboxylic acids is 1. The molecule has 3 N–H and O–H groups in total. The van der Waals surface area contributed by atoms with Gasteiger partial charge >= 0.3 is 5.97 Å². The van der Waals surface area contributed by atoms with Gasteiger partial charge in [-0.2, -0.15) is 0 Å². The minimum Gasteiger partial charge on any atom is -0.481 e. The Bertz CT molecular complexity index is 277. The summed E-state index contributed by atoms with van der Waals surface area (Å²) in [7, 11) is 0. The first-order chi connectivity index (χ1) is 9.60. The van der Waals surface area contributed by atoms with Crippen LogP contribution in [0.2, 0.25) is 0 Å². The smallest absolute Gasteiger partial charge is 0.309 e. The SMILES string of the molecule is CCC/C=C/CCCOC[N+](CO)(CO)CCC(=O)O. The zero-order valence-electron chi connectivity index (χ0n) is 12.3. The van der Waals surface area contributed by atoms with Crippen LogP contribution in [0.25, 0.3) is 0 Å². The van der Waals surface area contributed by atoms with Crippen molar-refractivity contribution in [3.05, 3.63) is 12.2 Å². The topological polar surface area (TPSA) is 87.0 Å². The van der Waals surface area contributed by atoms with Gasteiger partial charge in [0, 0.05) is 0 Å². The van der Waals surface area contributed by atoms with Gasteiger partial charge in [-0.05, 0) is 19.3 Å². The minimum atomic E-state index is -0.949. The van der Waals surface area contributed by atoms with Crippen molar-refractivity contribution in [3.8, 4) is 0 Å². The standard InChI is InChI=1S/C14H27NO5/c1-2-3-4-5-6-7-10-20-13-15(11-16,12-17)9-8-14(18)19/h4-5,16-17H,2-3,6-13H2,1H3/p+1/b5-4+. The molecule has 0 aromatic carbocycles. The van der Waals surface area contributed by atoms with Crippen molar-refractivity contribution >= 4 is 5.97 Å². The van der Waals surface area contributed by atoms with E-state index in [0.717, 1.165) is 25.7 Å². The van der Waals surface area contributed by atoms with E-state index >= 15 is 0 Å². The quantitative estimate of drug-likeness (QED) is 0.206. The van der Waals surface area contributed by atoms with Crippen molar-refractivity contribution in [1.29, 1.82) is 0 Å². The summed E-state index contributed by atoms with van der Waals surface area (Å²) in [5.74, 6) is -0.949. The zero-order valence-corrected chi connectivity index (χ0v) is 12.3. The molecule has 0 unspecified atom stereocenters. The molecule has 6 nitrogen and oxygen atoms in total. The van der Waals surface area contributed by atoms with Crippen LogP contribution in [0, 0.1) is 0 Å². The second-order valence-electron chi connectivity index (χ2n) is 4.93. The second-order valence-corrected chi connectivity index (χ2v) is 4.93. The normalized spacial score (nSPS) is 12.2. The summed E-state index contributed by atoms with van der Waals surface area (Å²) in [5.41, 5.74) is 0. The molecule has 0 radical (unpaired) electrons. The highest BCUT2D eigenvalue weighted by Crippen LogP contribution is 2.07. The Kier molecular flexibility index (Phi) is 11.3. The maximum Gasteiger partial charge on any atom is 0.309 e. The number of ether oxygens (including phenoxy) is 1. The molecule has 0 rings (SSSR count). The number of hydrogen-bond acceptors (Lipinski definition) is 4. The molecule has 0 spiro atoms. The molecule has 0 aromatic rings. The molecule has 0 aliphatic heterocycles. The number of quaternary nitrogens is 1. The van der Waals surface area contributed by atoms with Crippen molar-refractivity contribution in [2.45, 2.75) is 39.0 Å². The van der Waals surface area contributed by atoms with Gasteiger partial charge in [0.15, 0.2) is 20.2 Å². The number of unbranched alkanes of at least 4 members (excludes halogenated alkanes) is 2. The van der Waals surface area contributed by atoms with Gasteiger partial charge in [-0.15, -0.1) is 0 Å². The molecule has 20 heavy (non-hydrogen) atoms. The van der Waals surface area contributed by atoms with Crippen LogP contribution in [0.4, 0.5) is 0 Å². The molecular weight excluding hydrogens is 262 g/mol. The summed E-state index contributed by atoms with van der Waals surface area (Å²) in [4.78, 5) is 10.6. The van der Waals surface area contributed by atoms with Gasteiger partial charge in [0.1, 0.15) is 0 Å². The highest BCUT2D eigenvalue weighted by atomic mass is 16.5. The molecular formula is C14H28NO5+. The molecule has 118 valence electrons. The summed E-state index contributed by atoms with van der Waals surface area (Å²) in [6, 6.07) is 0. The fourth-order valence-corrected chi connectivity index (χ4v) is 1.63. The largest absolute Gasteiger partial charge is 0.481 e. The lowest BCUT2D eigenvalue weighted by atomic mass is 10.2. The van der Waals surface area contributed by atoms with E-state index in [0.29, 0.717) is 6.61 Å². The monoisotopic (exact) mass is 290 g/mol. The van der Waals surface area contributed by atoms with Crippen molar-refractivity contribution in [3.63, 3.8) is 0 Å². The van der Waals surface area contributed by atoms with E-state index in [9.17, 15) is 15.0 Å². The van der Waals surface area contributed by atoms with E-state index in [2.05, 4.69) is 19.1 Å². The Morgan fingerprint density at radius 3 is 2.40 bits per heavy atom. The first-order valence-electron chi connectivity index (χ1n) is 7.11. The first-order valence-corrected chi connectivity index (χ1v) is 7.11. The molecule has 0 heterocycles. The van der Waals surface area contributed by atoms with E-state index in [1.165, 1.54) is 0 Å². The lowest BCUT2D eigenvalue weighted by Gasteiger charge is -2.33. The molecule has 0 amide bonds. The predicted molar refractivity (Wildman–Crippen MR) is 75.7 cm³/mol. The van der Waals surface area contributed by atoms with Crippen LogP contribution in [-0.4, -0.2) is 59.1 Å². The number of nitrogens with zero attached hydrogens (tertiary/aromatic N) is 1. The lowest BCUT2D eigenvalue weighted by Crippen LogP contribution is -2.52. The highest BCUT2D eigenvalue weighted by Gasteiger charge is 2.26. The summed E-state index contributed by atoms with van der Waals surface area (Å²) in [6.07, 6.45) is 8.20. The van der Waals surface area contributed by atoms with Gasteiger partial charge in [0.05, 0.1) is 19.6 Å². The van der Waals surface area contributed by atoms with Gasteiger partial charge in [-0.3, -0.25) is 9.28 Å². The van der Waals surface area contributed by atoms with E-state index < -0.39 is 5.97 Å². The van der Waals surface area contributed by atoms with Crippen LogP contribution < -0.4 is 0 Å². The highest BCUT2D eigenvalue weighted by molar-refractivity contribution is 5.66. The second kappa shape index (κ2) is 11.8. The Hall–Kier alpha value is -0.950. The number of allylic oxidation sites excluding steroid dienone is 2. The third-order valence-electron chi connectivity index (χ3n) is 3.05. The van der Waals surface area contributed by atoms with Crippen LogP contribution in [0.3, 0.4) is 0 Å². The Labute approximate surface area is 120 Å². The number of hydrogen-bond donors (Lipinski definition) is 3. The van der Waals surface area contributed by atoms with Gasteiger partial charge in [-0.1, -0.05) is 25.5 Å². The lowest BCUT2D eigenvalue weighted by molar-refractivity contribution is -0.976. The average Bonchev–Trinajstić information content (AvgIpc) is 2.45. The fourth-order valence-electron chi connectivity index (χ4n) is 1.63. The van der Waals surface area contributed by atoms with E-state index in [-0.39, 0.29) is 37.6 Å². The molecule has 0 saturated heterocycles. The maximum absolute atomic E-state index is 10.6. The number of rotatable bonds is 13. The van der Waals surface area contributed by atoms with Crippen molar-refractivity contribution in [2.75, 3.05) is 33.3 Å². The summed E-state index contributed by atoms with van der Waals surface area (Å²) in [5, 5.41) is 27.3. The molecule has 0 atom stereocenters. The van der Waals surface area contributed by atoms with Crippen LogP contribution in [0.1, 0.15) is 39.0 Å². The molecule has 0 aromatic heterocycles. The van der Waals surface area contributed by atoms with Gasteiger partial charge in [-0.25, -0.2) is 0 Å². The molecule has 0 bridgehead atoms. The Morgan fingerprint density at radius 1 is 1.20 bits per heavy atom. The summed E-state index contributed by atoms with van der Waals surface area (Å²) in [6.45, 7) is 2.27. The van der Waals surface area contributed by atoms with Gasteiger partial charge in [0.2, 0.25) is 0 Å². The molecule has 0 aliphatic carbocycles. The van der Waals surface area contributed by atoms with Crippen molar-refractivity contribution in [1.82, 2.24) is 0 Å². The van der Waals surface area contributed by atoms with Crippen molar-refractivity contribution in [2.24, 2.45) is 0 Å². The number of carbonyl (C=O) groups is 1. The first kappa shape index (κ1) is 19.1. The van der Waals surface area contributed by atoms with Gasteiger partial charge < -0.3 is 20.1 Å². The molecule has 0 aliphatic rings. The third kappa shape index (κ3) is 9.03. The summed E-state index contributed by atoms with van der Waals surface area (Å²) < 4.78 is 5.29. The maximum atomic E-state index is 10.6. The molecule has 6 heteroatoms. The Balaban J connectivity index is 3.88. The van der Waals surface area contributed by atoms with E-state index in [1.54, 1.807) is 0 Å². The van der Waals surface area contributed by atoms with Crippen LogP contribution in [-0.2, 0) is 9.53 Å². The molecule has 0 fully saturated rings. The van der Waals surface area contributed by atoms with Crippen molar-refractivity contribution < 1.29 is 29.3 Å². The average molecular weight is 290 g/mol. The predicted octanol–water partition coefficient (Wildman–Crippen LogP) is 1.29. The van der Waals surface area contributed by atoms with Gasteiger partial charge in [0.25, 0.3) is 0 Å². The summed E-state index contributed by atoms with van der Waals surface area (Å²) >= 11 is 0. The van der Waals surface area contributed by atoms with Crippen LogP contribution in [0.15, 0.2) is 12.2 Å². The zero-order chi connectivity index (χ0) is 15.3. The van der Waals surface area contributed by atoms with E-state index in [1.807, 2.05) is 0 Å². The number of aliphatic hydroxyl groups excluding tert-OH is 2. The fraction of sp³-hybridized carbons (Fsp3) is 0.786. The van der Waals surface area contributed by atoms with Crippen LogP contribution >= 0.6 is 0 Å². The molecule has 0 saturated carbocycles. The minimum absolute atomic E-state index is 0.107. The number of aliphatic hydroxyl groups is 2. The Morgan fingerprint density at radius 2 is 1.85 bits per heavy atom.